The van der Waals surface area contributed by atoms with Gasteiger partial charge in [0.25, 0.3) is 5.82 Å². The molecular weight excluding hydrogens is 319 g/mol. The summed E-state index contributed by atoms with van der Waals surface area (Å²) in [5, 5.41) is 6.11. The van der Waals surface area contributed by atoms with E-state index in [4.69, 9.17) is 0 Å². The van der Waals surface area contributed by atoms with Crippen LogP contribution in [0, 0.1) is 0 Å². The highest BCUT2D eigenvalue weighted by molar-refractivity contribution is 7.22. The minimum absolute atomic E-state index is 0.376. The van der Waals surface area contributed by atoms with Crippen molar-refractivity contribution in [2.24, 2.45) is 0 Å². The fourth-order valence-corrected chi connectivity index (χ4v) is 2.61. The summed E-state index contributed by atoms with van der Waals surface area (Å²) in [6.07, 6.45) is -3.77. The predicted molar refractivity (Wildman–Crippen MR) is 73.3 cm³/mol. The number of aromatic nitrogens is 4. The minimum Gasteiger partial charge on any atom is -0.300 e. The second-order valence-electron chi connectivity index (χ2n) is 4.30. The summed E-state index contributed by atoms with van der Waals surface area (Å²) in [5.41, 5.74) is 0.739. The molecule has 0 bridgehead atoms. The van der Waals surface area contributed by atoms with Crippen LogP contribution in [-0.2, 0) is 17.5 Å². The van der Waals surface area contributed by atoms with Crippen LogP contribution in [0.3, 0.4) is 0 Å². The molecule has 1 amide bonds. The largest absolute Gasteiger partial charge is 0.453 e. The van der Waals surface area contributed by atoms with Crippen molar-refractivity contribution in [1.82, 2.24) is 19.7 Å². The number of alkyl halides is 3. The summed E-state index contributed by atoms with van der Waals surface area (Å²) in [7, 11) is 0. The Labute approximate surface area is 125 Å². The number of carbonyl (C=O) groups excluding carboxylic acids is 1. The molecule has 0 saturated heterocycles. The number of hydrogen-bond donors (Lipinski definition) is 1. The number of anilines is 1. The van der Waals surface area contributed by atoms with Gasteiger partial charge in [0.05, 0.1) is 10.2 Å². The van der Waals surface area contributed by atoms with Crippen LogP contribution in [0.1, 0.15) is 5.82 Å². The van der Waals surface area contributed by atoms with Gasteiger partial charge in [-0.2, -0.15) is 13.2 Å². The fourth-order valence-electron chi connectivity index (χ4n) is 1.73. The first-order valence-corrected chi connectivity index (χ1v) is 6.85. The average Bonchev–Trinajstić information content (AvgIpc) is 3.03. The molecule has 3 aromatic rings. The van der Waals surface area contributed by atoms with Crippen LogP contribution in [0.5, 0.6) is 0 Å². The molecule has 1 aromatic carbocycles. The first kappa shape index (κ1) is 14.4. The Bertz CT molecular complexity index is 792. The zero-order valence-electron chi connectivity index (χ0n) is 10.8. The molecule has 2 heterocycles. The maximum Gasteiger partial charge on any atom is 0.453 e. The Hall–Kier alpha value is -2.49. The first-order chi connectivity index (χ1) is 10.4. The van der Waals surface area contributed by atoms with Gasteiger partial charge >= 0.3 is 6.18 Å². The molecule has 2 aromatic heterocycles. The van der Waals surface area contributed by atoms with E-state index in [-0.39, 0.29) is 6.54 Å². The molecule has 0 fully saturated rings. The number of carbonyl (C=O) groups is 1. The van der Waals surface area contributed by atoms with Crippen molar-refractivity contribution in [2.75, 3.05) is 5.32 Å². The molecule has 0 aliphatic heterocycles. The van der Waals surface area contributed by atoms with E-state index in [9.17, 15) is 18.0 Å². The molecular formula is C12H8F3N5OS. The number of amides is 1. The summed E-state index contributed by atoms with van der Waals surface area (Å²) in [6.45, 7) is -0.376. The Morgan fingerprint density at radius 3 is 2.77 bits per heavy atom. The number of hydrogen-bond acceptors (Lipinski definition) is 5. The summed E-state index contributed by atoms with van der Waals surface area (Å²) in [4.78, 5) is 19.1. The molecule has 0 aliphatic rings. The van der Waals surface area contributed by atoms with Gasteiger partial charge in [-0.15, -0.1) is 5.10 Å². The van der Waals surface area contributed by atoms with Gasteiger partial charge in [-0.05, 0) is 12.1 Å². The number of para-hydroxylation sites is 1. The number of thiazole rings is 1. The Kier molecular flexibility index (Phi) is 3.53. The highest BCUT2D eigenvalue weighted by Crippen LogP contribution is 2.26. The normalized spacial score (nSPS) is 11.8. The molecule has 114 valence electrons. The van der Waals surface area contributed by atoms with Gasteiger partial charge in [0.2, 0.25) is 5.91 Å². The van der Waals surface area contributed by atoms with Crippen molar-refractivity contribution in [3.8, 4) is 0 Å². The van der Waals surface area contributed by atoms with Crippen molar-refractivity contribution >= 4 is 32.6 Å². The highest BCUT2D eigenvalue weighted by atomic mass is 32.1. The number of nitrogens with one attached hydrogen (secondary N) is 1. The third-order valence-electron chi connectivity index (χ3n) is 2.64. The van der Waals surface area contributed by atoms with Crippen LogP contribution < -0.4 is 5.32 Å². The van der Waals surface area contributed by atoms with E-state index in [1.807, 2.05) is 18.2 Å². The third-order valence-corrected chi connectivity index (χ3v) is 3.59. The molecule has 10 heteroatoms. The van der Waals surface area contributed by atoms with Crippen LogP contribution in [0.2, 0.25) is 0 Å². The lowest BCUT2D eigenvalue weighted by atomic mass is 10.3. The molecule has 22 heavy (non-hydrogen) atoms. The summed E-state index contributed by atoms with van der Waals surface area (Å²) in [6, 6.07) is 7.33. The van der Waals surface area contributed by atoms with Crippen molar-refractivity contribution in [3.63, 3.8) is 0 Å². The van der Waals surface area contributed by atoms with E-state index in [1.54, 1.807) is 6.07 Å². The van der Waals surface area contributed by atoms with Gasteiger partial charge in [0.1, 0.15) is 12.9 Å². The Morgan fingerprint density at radius 2 is 2.09 bits per heavy atom. The lowest BCUT2D eigenvalue weighted by Crippen LogP contribution is -2.19. The standard InChI is InChI=1S/C12H8F3N5OS/c13-12(14,15)10-16-6-20(19-10)5-9(21)18-11-17-7-3-1-2-4-8(7)22-11/h1-4,6H,5H2,(H,17,18,21). The monoisotopic (exact) mass is 327 g/mol. The molecule has 0 unspecified atom stereocenters. The van der Waals surface area contributed by atoms with Crippen LogP contribution >= 0.6 is 11.3 Å². The van der Waals surface area contributed by atoms with Crippen LogP contribution in [0.4, 0.5) is 18.3 Å². The van der Waals surface area contributed by atoms with E-state index in [0.717, 1.165) is 21.2 Å². The molecule has 0 saturated carbocycles. The fraction of sp³-hybridized carbons (Fsp3) is 0.167. The van der Waals surface area contributed by atoms with Crippen LogP contribution in [0.15, 0.2) is 30.6 Å². The molecule has 0 atom stereocenters. The van der Waals surface area contributed by atoms with Crippen LogP contribution in [0.25, 0.3) is 10.2 Å². The SMILES string of the molecule is O=C(Cn1cnc(C(F)(F)F)n1)Nc1nc2ccccc2s1. The summed E-state index contributed by atoms with van der Waals surface area (Å²) in [5.74, 6) is -1.81. The van der Waals surface area contributed by atoms with Crippen molar-refractivity contribution in [1.29, 1.82) is 0 Å². The van der Waals surface area contributed by atoms with Gasteiger partial charge < -0.3 is 5.32 Å². The third kappa shape index (κ3) is 3.06. The van der Waals surface area contributed by atoms with Gasteiger partial charge in [-0.1, -0.05) is 23.5 Å². The first-order valence-electron chi connectivity index (χ1n) is 6.04. The van der Waals surface area contributed by atoms with E-state index in [2.05, 4.69) is 20.4 Å². The number of benzene rings is 1. The van der Waals surface area contributed by atoms with E-state index in [0.29, 0.717) is 5.13 Å². The van der Waals surface area contributed by atoms with E-state index >= 15 is 0 Å². The Balaban J connectivity index is 1.68. The van der Waals surface area contributed by atoms with Crippen molar-refractivity contribution < 1.29 is 18.0 Å². The van der Waals surface area contributed by atoms with E-state index < -0.39 is 17.9 Å². The van der Waals surface area contributed by atoms with Crippen molar-refractivity contribution in [2.45, 2.75) is 12.7 Å². The average molecular weight is 327 g/mol. The van der Waals surface area contributed by atoms with Crippen molar-refractivity contribution in [3.05, 3.63) is 36.4 Å². The Morgan fingerprint density at radius 1 is 1.32 bits per heavy atom. The quantitative estimate of drug-likeness (QED) is 0.802. The lowest BCUT2D eigenvalue weighted by molar-refractivity contribution is -0.145. The number of fused-ring (bicyclic) bond motifs is 1. The summed E-state index contributed by atoms with van der Waals surface area (Å²) >= 11 is 1.28. The second kappa shape index (κ2) is 5.37. The molecule has 6 nitrogen and oxygen atoms in total. The zero-order valence-corrected chi connectivity index (χ0v) is 11.6. The predicted octanol–water partition coefficient (Wildman–Crippen LogP) is 2.55. The zero-order chi connectivity index (χ0) is 15.7. The van der Waals surface area contributed by atoms with Gasteiger partial charge in [-0.3, -0.25) is 4.79 Å². The highest BCUT2D eigenvalue weighted by Gasteiger charge is 2.35. The van der Waals surface area contributed by atoms with E-state index in [1.165, 1.54) is 11.3 Å². The van der Waals surface area contributed by atoms with Gasteiger partial charge in [0, 0.05) is 0 Å². The molecule has 0 aliphatic carbocycles. The molecule has 3 rings (SSSR count). The van der Waals surface area contributed by atoms with Gasteiger partial charge in [-0.25, -0.2) is 14.6 Å². The molecule has 0 radical (unpaired) electrons. The second-order valence-corrected chi connectivity index (χ2v) is 5.33. The van der Waals surface area contributed by atoms with Crippen LogP contribution in [-0.4, -0.2) is 25.7 Å². The maximum atomic E-state index is 12.4. The topological polar surface area (TPSA) is 72.7 Å². The number of nitrogens with zero attached hydrogens (tertiary/aromatic N) is 4. The number of rotatable bonds is 3. The van der Waals surface area contributed by atoms with Gasteiger partial charge in [0.15, 0.2) is 5.13 Å². The lowest BCUT2D eigenvalue weighted by Gasteiger charge is -2.01. The molecule has 1 N–H and O–H groups in total. The minimum atomic E-state index is -4.63. The number of halogens is 3. The summed E-state index contributed by atoms with van der Waals surface area (Å²) < 4.78 is 38.8. The molecule has 0 spiro atoms. The maximum absolute atomic E-state index is 12.4. The smallest absolute Gasteiger partial charge is 0.300 e.